The molecule has 0 saturated heterocycles. The second kappa shape index (κ2) is 9.32. The van der Waals surface area contributed by atoms with Gasteiger partial charge in [0.25, 0.3) is 0 Å². The molecule has 0 aliphatic heterocycles. The standard InChI is InChI=1S/C16H25N5OS/c1-4-17-15(20-12(2)11-22-3)18-9-10-19-16-21-13-7-5-6-8-14(13)23-16/h5-8,12H,4,9-11H2,1-3H3,(H,19,21)(H2,17,18,20). The number of thiazole rings is 1. The van der Waals surface area contributed by atoms with Crippen molar-refractivity contribution in [1.29, 1.82) is 0 Å². The van der Waals surface area contributed by atoms with Crippen molar-refractivity contribution in [2.75, 3.05) is 38.7 Å². The number of benzene rings is 1. The highest BCUT2D eigenvalue weighted by Crippen LogP contribution is 2.24. The summed E-state index contributed by atoms with van der Waals surface area (Å²) in [7, 11) is 1.70. The molecule has 7 heteroatoms. The highest BCUT2D eigenvalue weighted by Gasteiger charge is 2.04. The van der Waals surface area contributed by atoms with Crippen molar-refractivity contribution in [3.8, 4) is 0 Å². The number of ether oxygens (including phenoxy) is 1. The number of methoxy groups -OCH3 is 1. The van der Waals surface area contributed by atoms with Gasteiger partial charge in [0.15, 0.2) is 11.1 Å². The van der Waals surface area contributed by atoms with E-state index in [1.165, 1.54) is 4.70 Å². The molecule has 0 saturated carbocycles. The molecule has 0 fully saturated rings. The van der Waals surface area contributed by atoms with Gasteiger partial charge in [0.2, 0.25) is 0 Å². The minimum atomic E-state index is 0.218. The Balaban J connectivity index is 1.82. The van der Waals surface area contributed by atoms with Gasteiger partial charge in [-0.25, -0.2) is 4.98 Å². The van der Waals surface area contributed by atoms with Crippen LogP contribution < -0.4 is 16.0 Å². The van der Waals surface area contributed by atoms with Crippen LogP contribution in [0.25, 0.3) is 10.2 Å². The molecule has 0 aliphatic rings. The van der Waals surface area contributed by atoms with Crippen LogP contribution in [0.5, 0.6) is 0 Å². The molecule has 3 N–H and O–H groups in total. The molecule has 0 aliphatic carbocycles. The predicted molar refractivity (Wildman–Crippen MR) is 98.6 cm³/mol. The van der Waals surface area contributed by atoms with Crippen molar-refractivity contribution < 1.29 is 4.74 Å². The fourth-order valence-corrected chi connectivity index (χ4v) is 3.01. The summed E-state index contributed by atoms with van der Waals surface area (Å²) in [5, 5.41) is 10.8. The van der Waals surface area contributed by atoms with Crippen LogP contribution in [0.1, 0.15) is 13.8 Å². The van der Waals surface area contributed by atoms with Crippen LogP contribution in [0.4, 0.5) is 5.13 Å². The largest absolute Gasteiger partial charge is 0.383 e. The van der Waals surface area contributed by atoms with Crippen LogP contribution in [-0.2, 0) is 4.74 Å². The smallest absolute Gasteiger partial charge is 0.191 e. The van der Waals surface area contributed by atoms with Crippen molar-refractivity contribution in [1.82, 2.24) is 15.6 Å². The van der Waals surface area contributed by atoms with Gasteiger partial charge >= 0.3 is 0 Å². The number of guanidine groups is 1. The average Bonchev–Trinajstić information content (AvgIpc) is 2.94. The van der Waals surface area contributed by atoms with E-state index in [9.17, 15) is 0 Å². The lowest BCUT2D eigenvalue weighted by atomic mass is 10.3. The lowest BCUT2D eigenvalue weighted by Crippen LogP contribution is -2.44. The summed E-state index contributed by atoms with van der Waals surface area (Å²) in [5.41, 5.74) is 1.03. The number of aliphatic imine (C=N–C) groups is 1. The molecule has 1 atom stereocenters. The highest BCUT2D eigenvalue weighted by molar-refractivity contribution is 7.22. The number of nitrogens with zero attached hydrogens (tertiary/aromatic N) is 2. The van der Waals surface area contributed by atoms with Crippen LogP contribution in [0, 0.1) is 0 Å². The number of para-hydroxylation sites is 1. The second-order valence-electron chi connectivity index (χ2n) is 5.17. The molecule has 6 nitrogen and oxygen atoms in total. The maximum absolute atomic E-state index is 5.13. The van der Waals surface area contributed by atoms with Gasteiger partial charge in [-0.1, -0.05) is 23.5 Å². The highest BCUT2D eigenvalue weighted by atomic mass is 32.1. The van der Waals surface area contributed by atoms with Crippen LogP contribution >= 0.6 is 11.3 Å². The molecule has 1 unspecified atom stereocenters. The minimum absolute atomic E-state index is 0.218. The first-order valence-corrected chi connectivity index (χ1v) is 8.67. The summed E-state index contributed by atoms with van der Waals surface area (Å²) in [6.07, 6.45) is 0. The minimum Gasteiger partial charge on any atom is -0.383 e. The van der Waals surface area contributed by atoms with Crippen molar-refractivity contribution in [2.24, 2.45) is 4.99 Å². The zero-order valence-electron chi connectivity index (χ0n) is 13.9. The van der Waals surface area contributed by atoms with Gasteiger partial charge in [0, 0.05) is 26.2 Å². The zero-order valence-corrected chi connectivity index (χ0v) is 14.7. The van der Waals surface area contributed by atoms with Gasteiger partial charge in [-0.05, 0) is 26.0 Å². The predicted octanol–water partition coefficient (Wildman–Crippen LogP) is 2.30. The van der Waals surface area contributed by atoms with E-state index < -0.39 is 0 Å². The molecular weight excluding hydrogens is 310 g/mol. The Labute approximate surface area is 141 Å². The van der Waals surface area contributed by atoms with E-state index in [-0.39, 0.29) is 6.04 Å². The summed E-state index contributed by atoms with van der Waals surface area (Å²) >= 11 is 1.67. The summed E-state index contributed by atoms with van der Waals surface area (Å²) in [5.74, 6) is 0.808. The normalized spacial score (nSPS) is 13.1. The zero-order chi connectivity index (χ0) is 16.5. The van der Waals surface area contributed by atoms with Crippen molar-refractivity contribution in [2.45, 2.75) is 19.9 Å². The number of rotatable bonds is 8. The summed E-state index contributed by atoms with van der Waals surface area (Å²) in [6, 6.07) is 8.37. The third-order valence-electron chi connectivity index (χ3n) is 3.10. The molecule has 0 spiro atoms. The Hall–Kier alpha value is -1.86. The van der Waals surface area contributed by atoms with E-state index in [4.69, 9.17) is 4.74 Å². The molecule has 0 bridgehead atoms. The quantitative estimate of drug-likeness (QED) is 0.392. The summed E-state index contributed by atoms with van der Waals surface area (Å²) in [4.78, 5) is 9.11. The van der Waals surface area contributed by atoms with Gasteiger partial charge in [-0.2, -0.15) is 0 Å². The molecule has 1 aromatic carbocycles. The second-order valence-corrected chi connectivity index (χ2v) is 6.21. The lowest BCUT2D eigenvalue weighted by Gasteiger charge is -2.16. The number of hydrogen-bond acceptors (Lipinski definition) is 5. The van der Waals surface area contributed by atoms with E-state index >= 15 is 0 Å². The molecule has 126 valence electrons. The number of fused-ring (bicyclic) bond motifs is 1. The first-order chi connectivity index (χ1) is 11.2. The van der Waals surface area contributed by atoms with Crippen LogP contribution in [0.3, 0.4) is 0 Å². The Morgan fingerprint density at radius 3 is 2.96 bits per heavy atom. The molecule has 1 heterocycles. The maximum atomic E-state index is 5.13. The molecule has 0 amide bonds. The van der Waals surface area contributed by atoms with Crippen molar-refractivity contribution in [3.05, 3.63) is 24.3 Å². The SMILES string of the molecule is CCNC(=NCCNc1nc2ccccc2s1)NC(C)COC. The van der Waals surface area contributed by atoms with E-state index in [0.717, 1.165) is 29.7 Å². The fraction of sp³-hybridized carbons (Fsp3) is 0.500. The number of anilines is 1. The van der Waals surface area contributed by atoms with Gasteiger partial charge in [-0.3, -0.25) is 4.99 Å². The third-order valence-corrected chi connectivity index (χ3v) is 4.09. The van der Waals surface area contributed by atoms with Gasteiger partial charge in [0.1, 0.15) is 0 Å². The Bertz CT molecular complexity index is 595. The van der Waals surface area contributed by atoms with E-state index in [2.05, 4.69) is 45.8 Å². The van der Waals surface area contributed by atoms with Crippen LogP contribution in [0.2, 0.25) is 0 Å². The van der Waals surface area contributed by atoms with Gasteiger partial charge in [-0.15, -0.1) is 0 Å². The van der Waals surface area contributed by atoms with Crippen molar-refractivity contribution >= 4 is 32.6 Å². The summed E-state index contributed by atoms with van der Waals surface area (Å²) in [6.45, 7) is 7.01. The lowest BCUT2D eigenvalue weighted by molar-refractivity contribution is 0.179. The molecule has 1 aromatic heterocycles. The van der Waals surface area contributed by atoms with Gasteiger partial charge in [0.05, 0.1) is 23.4 Å². The van der Waals surface area contributed by atoms with E-state index in [1.807, 2.05) is 18.2 Å². The third kappa shape index (κ3) is 5.69. The molecule has 2 rings (SSSR count). The van der Waals surface area contributed by atoms with Crippen molar-refractivity contribution in [3.63, 3.8) is 0 Å². The fourth-order valence-electron chi connectivity index (χ4n) is 2.12. The first-order valence-electron chi connectivity index (χ1n) is 7.86. The molecular formula is C16H25N5OS. The van der Waals surface area contributed by atoms with Crippen LogP contribution in [-0.4, -0.2) is 50.3 Å². The Morgan fingerprint density at radius 1 is 1.39 bits per heavy atom. The number of nitrogens with one attached hydrogen (secondary N) is 3. The number of hydrogen-bond donors (Lipinski definition) is 3. The molecule has 23 heavy (non-hydrogen) atoms. The molecule has 0 radical (unpaired) electrons. The molecule has 2 aromatic rings. The van der Waals surface area contributed by atoms with Gasteiger partial charge < -0.3 is 20.7 Å². The summed E-state index contributed by atoms with van der Waals surface area (Å²) < 4.78 is 6.33. The van der Waals surface area contributed by atoms with E-state index in [1.54, 1.807) is 18.4 Å². The Kier molecular flexibility index (Phi) is 7.09. The van der Waals surface area contributed by atoms with E-state index in [0.29, 0.717) is 13.2 Å². The topological polar surface area (TPSA) is 70.6 Å². The average molecular weight is 335 g/mol. The van der Waals surface area contributed by atoms with Crippen LogP contribution in [0.15, 0.2) is 29.3 Å². The monoisotopic (exact) mass is 335 g/mol. The first kappa shape index (κ1) is 17.5. The number of aromatic nitrogens is 1. The Morgan fingerprint density at radius 2 is 2.22 bits per heavy atom. The maximum Gasteiger partial charge on any atom is 0.191 e.